The first-order valence-electron chi connectivity index (χ1n) is 7.67. The quantitative estimate of drug-likeness (QED) is 0.720. The number of aliphatic hydroxyl groups is 1. The molecule has 0 atom stereocenters. The molecule has 1 aliphatic rings. The van der Waals surface area contributed by atoms with Gasteiger partial charge in [-0.15, -0.1) is 0 Å². The van der Waals surface area contributed by atoms with Crippen molar-refractivity contribution in [2.45, 2.75) is 19.8 Å². The first-order valence-corrected chi connectivity index (χ1v) is 8.46. The lowest BCUT2D eigenvalue weighted by Crippen LogP contribution is -2.31. The Morgan fingerprint density at radius 1 is 1.46 bits per heavy atom. The van der Waals surface area contributed by atoms with Gasteiger partial charge < -0.3 is 20.1 Å². The van der Waals surface area contributed by atoms with Gasteiger partial charge in [0.2, 0.25) is 0 Å². The summed E-state index contributed by atoms with van der Waals surface area (Å²) in [5.41, 5.74) is 2.30. The molecule has 0 aromatic heterocycles. The van der Waals surface area contributed by atoms with E-state index >= 15 is 0 Å². The average Bonchev–Trinajstić information content (AvgIpc) is 2.85. The fourth-order valence-corrected chi connectivity index (χ4v) is 2.97. The van der Waals surface area contributed by atoms with Crippen LogP contribution < -0.4 is 5.32 Å². The molecule has 0 saturated carbocycles. The zero-order valence-electron chi connectivity index (χ0n) is 13.9. The van der Waals surface area contributed by atoms with Crippen molar-refractivity contribution in [3.8, 4) is 0 Å². The summed E-state index contributed by atoms with van der Waals surface area (Å²) in [5, 5.41) is 12.1. The van der Waals surface area contributed by atoms with E-state index in [2.05, 4.69) is 35.1 Å². The van der Waals surface area contributed by atoms with Gasteiger partial charge in [-0.1, -0.05) is 19.9 Å². The number of anilines is 1. The Morgan fingerprint density at radius 3 is 2.71 bits per heavy atom. The van der Waals surface area contributed by atoms with Crippen LogP contribution in [0.2, 0.25) is 0 Å². The van der Waals surface area contributed by atoms with Crippen LogP contribution in [0.1, 0.15) is 25.3 Å². The zero-order chi connectivity index (χ0) is 17.9. The van der Waals surface area contributed by atoms with Gasteiger partial charge in [0, 0.05) is 11.0 Å². The third-order valence-electron chi connectivity index (χ3n) is 3.87. The summed E-state index contributed by atoms with van der Waals surface area (Å²) in [6.45, 7) is 4.31. The molecule has 1 aromatic rings. The van der Waals surface area contributed by atoms with E-state index in [1.807, 2.05) is 18.2 Å². The van der Waals surface area contributed by atoms with Crippen molar-refractivity contribution < 1.29 is 19.4 Å². The van der Waals surface area contributed by atoms with Gasteiger partial charge in [-0.3, -0.25) is 4.79 Å². The molecular formula is C17H21BrN2O4. The molecule has 2 N–H and O–H groups in total. The fourth-order valence-electron chi connectivity index (χ4n) is 2.48. The average molecular weight is 397 g/mol. The van der Waals surface area contributed by atoms with E-state index in [0.717, 1.165) is 10.0 Å². The van der Waals surface area contributed by atoms with Gasteiger partial charge in [-0.05, 0) is 39.5 Å². The highest BCUT2D eigenvalue weighted by molar-refractivity contribution is 9.10. The summed E-state index contributed by atoms with van der Waals surface area (Å²) in [4.78, 5) is 25.9. The standard InChI is InChI=1S/C17H21BrN2O4/c1-10(2)11-4-5-14(13(18)8-11)19-15-12(17(23)24-3)9-20(6-7-21)16(15)22/h4-5,8,10,19,21H,6-7,9H2,1-3H3. The molecule has 24 heavy (non-hydrogen) atoms. The third kappa shape index (κ3) is 3.79. The van der Waals surface area contributed by atoms with E-state index in [1.54, 1.807) is 0 Å². The zero-order valence-corrected chi connectivity index (χ0v) is 15.5. The van der Waals surface area contributed by atoms with E-state index < -0.39 is 5.97 Å². The van der Waals surface area contributed by atoms with Crippen molar-refractivity contribution in [3.63, 3.8) is 0 Å². The second-order valence-corrected chi connectivity index (χ2v) is 6.67. The minimum Gasteiger partial charge on any atom is -0.466 e. The summed E-state index contributed by atoms with van der Waals surface area (Å²) < 4.78 is 5.57. The number of hydrogen-bond donors (Lipinski definition) is 2. The highest BCUT2D eigenvalue weighted by Gasteiger charge is 2.34. The number of carbonyl (C=O) groups is 2. The number of nitrogens with one attached hydrogen (secondary N) is 1. The number of halogens is 1. The van der Waals surface area contributed by atoms with Crippen molar-refractivity contribution in [1.82, 2.24) is 4.90 Å². The third-order valence-corrected chi connectivity index (χ3v) is 4.53. The summed E-state index contributed by atoms with van der Waals surface area (Å²) in [7, 11) is 1.28. The smallest absolute Gasteiger partial charge is 0.337 e. The number of β-amino-alcohol motifs (C(OH)–C–C–N with tert-alkyl or cyclic N) is 1. The van der Waals surface area contributed by atoms with Crippen LogP contribution in [-0.2, 0) is 14.3 Å². The van der Waals surface area contributed by atoms with E-state index in [9.17, 15) is 9.59 Å². The molecule has 0 saturated heterocycles. The first kappa shape index (κ1) is 18.5. The van der Waals surface area contributed by atoms with Gasteiger partial charge in [0.15, 0.2) is 0 Å². The lowest BCUT2D eigenvalue weighted by atomic mass is 10.0. The maximum Gasteiger partial charge on any atom is 0.337 e. The molecule has 1 aromatic carbocycles. The maximum atomic E-state index is 12.5. The van der Waals surface area contributed by atoms with Gasteiger partial charge in [0.05, 0.1) is 31.5 Å². The second-order valence-electron chi connectivity index (χ2n) is 5.81. The number of nitrogens with zero attached hydrogens (tertiary/aromatic N) is 1. The highest BCUT2D eigenvalue weighted by Crippen LogP contribution is 2.30. The van der Waals surface area contributed by atoms with E-state index in [1.165, 1.54) is 12.0 Å². The molecular weight excluding hydrogens is 376 g/mol. The van der Waals surface area contributed by atoms with Gasteiger partial charge in [-0.2, -0.15) is 0 Å². The van der Waals surface area contributed by atoms with Crippen LogP contribution in [0, 0.1) is 0 Å². The van der Waals surface area contributed by atoms with Gasteiger partial charge in [0.1, 0.15) is 5.70 Å². The predicted octanol–water partition coefficient (Wildman–Crippen LogP) is 2.25. The minimum absolute atomic E-state index is 0.121. The van der Waals surface area contributed by atoms with Crippen LogP contribution in [0.4, 0.5) is 5.69 Å². The molecule has 2 rings (SSSR count). The van der Waals surface area contributed by atoms with Crippen LogP contribution in [0.5, 0.6) is 0 Å². The number of aliphatic hydroxyl groups excluding tert-OH is 1. The molecule has 0 spiro atoms. The summed E-state index contributed by atoms with van der Waals surface area (Å²) in [6, 6.07) is 5.82. The number of hydrogen-bond acceptors (Lipinski definition) is 5. The van der Waals surface area contributed by atoms with Gasteiger partial charge >= 0.3 is 5.97 Å². The molecule has 6 nitrogen and oxygen atoms in total. The Hall–Kier alpha value is -1.86. The molecule has 1 aliphatic heterocycles. The monoisotopic (exact) mass is 396 g/mol. The fraction of sp³-hybridized carbons (Fsp3) is 0.412. The van der Waals surface area contributed by atoms with E-state index in [0.29, 0.717) is 11.6 Å². The molecule has 7 heteroatoms. The van der Waals surface area contributed by atoms with E-state index in [4.69, 9.17) is 9.84 Å². The summed E-state index contributed by atoms with van der Waals surface area (Å²) >= 11 is 3.50. The largest absolute Gasteiger partial charge is 0.466 e. The Balaban J connectivity index is 2.33. The predicted molar refractivity (Wildman–Crippen MR) is 94.6 cm³/mol. The van der Waals surface area contributed by atoms with E-state index in [-0.39, 0.29) is 36.9 Å². The number of esters is 1. The number of benzene rings is 1. The van der Waals surface area contributed by atoms with Crippen LogP contribution in [0.25, 0.3) is 0 Å². The first-order chi connectivity index (χ1) is 11.4. The van der Waals surface area contributed by atoms with Crippen LogP contribution in [0.3, 0.4) is 0 Å². The number of carbonyl (C=O) groups excluding carboxylic acids is 2. The topological polar surface area (TPSA) is 78.9 Å². The van der Waals surface area contributed by atoms with Crippen LogP contribution in [-0.4, -0.2) is 48.7 Å². The van der Waals surface area contributed by atoms with Crippen molar-refractivity contribution in [3.05, 3.63) is 39.5 Å². The molecule has 0 radical (unpaired) electrons. The molecule has 0 unspecified atom stereocenters. The lowest BCUT2D eigenvalue weighted by Gasteiger charge is -2.16. The van der Waals surface area contributed by atoms with Crippen molar-refractivity contribution in [1.29, 1.82) is 0 Å². The Labute approximate surface area is 149 Å². The second kappa shape index (κ2) is 7.81. The maximum absolute atomic E-state index is 12.5. The summed E-state index contributed by atoms with van der Waals surface area (Å²) in [5.74, 6) is -0.501. The molecule has 1 amide bonds. The molecule has 0 fully saturated rings. The Morgan fingerprint density at radius 2 is 2.17 bits per heavy atom. The lowest BCUT2D eigenvalue weighted by molar-refractivity contribution is -0.136. The summed E-state index contributed by atoms with van der Waals surface area (Å²) in [6.07, 6.45) is 0. The number of rotatable bonds is 6. The highest BCUT2D eigenvalue weighted by atomic mass is 79.9. The number of ether oxygens (including phenoxy) is 1. The van der Waals surface area contributed by atoms with Crippen molar-refractivity contribution >= 4 is 33.5 Å². The number of methoxy groups -OCH3 is 1. The molecule has 0 bridgehead atoms. The Bertz CT molecular complexity index is 685. The van der Waals surface area contributed by atoms with Crippen LogP contribution >= 0.6 is 15.9 Å². The normalized spacial score (nSPS) is 14.6. The Kier molecular flexibility index (Phi) is 6.01. The number of amides is 1. The van der Waals surface area contributed by atoms with Crippen molar-refractivity contribution in [2.24, 2.45) is 0 Å². The molecule has 130 valence electrons. The van der Waals surface area contributed by atoms with Gasteiger partial charge in [0.25, 0.3) is 5.91 Å². The van der Waals surface area contributed by atoms with Crippen LogP contribution in [0.15, 0.2) is 33.9 Å². The molecule has 1 heterocycles. The molecule has 0 aliphatic carbocycles. The van der Waals surface area contributed by atoms with Crippen molar-refractivity contribution in [2.75, 3.05) is 32.1 Å². The van der Waals surface area contributed by atoms with Gasteiger partial charge in [-0.25, -0.2) is 4.79 Å². The SMILES string of the molecule is COC(=O)C1=C(Nc2ccc(C(C)C)cc2Br)C(=O)N(CCO)C1. The minimum atomic E-state index is -0.554.